The van der Waals surface area contributed by atoms with Gasteiger partial charge in [-0.25, -0.2) is 23.5 Å². The first-order chi connectivity index (χ1) is 16.5. The zero-order valence-electron chi connectivity index (χ0n) is 18.1. The Labute approximate surface area is 199 Å². The molecule has 1 fully saturated rings. The molecule has 5 rings (SSSR count). The minimum atomic E-state index is -0.532. The van der Waals surface area contributed by atoms with Crippen molar-refractivity contribution in [3.63, 3.8) is 0 Å². The molecule has 7 nitrogen and oxygen atoms in total. The quantitative estimate of drug-likeness (QED) is 0.458. The topological polar surface area (TPSA) is 66.3 Å². The Hall–Kier alpha value is -3.56. The van der Waals surface area contributed by atoms with Gasteiger partial charge >= 0.3 is 6.03 Å². The van der Waals surface area contributed by atoms with Crippen molar-refractivity contribution in [3.8, 4) is 5.69 Å². The molecule has 2 aromatic heterocycles. The van der Waals surface area contributed by atoms with E-state index in [1.165, 1.54) is 30.3 Å². The average molecular weight is 483 g/mol. The molecule has 0 spiro atoms. The van der Waals surface area contributed by atoms with E-state index in [2.05, 4.69) is 15.2 Å². The Morgan fingerprint density at radius 1 is 1.03 bits per heavy atom. The molecule has 10 heteroatoms. The molecule has 0 atom stereocenters. The van der Waals surface area contributed by atoms with E-state index in [9.17, 15) is 13.6 Å². The highest BCUT2D eigenvalue weighted by atomic mass is 35.5. The predicted octanol–water partition coefficient (Wildman–Crippen LogP) is 4.70. The first-order valence-corrected chi connectivity index (χ1v) is 11.2. The SMILES string of the molecule is O=C(Nc1ccc(F)c(Cl)c1)N1CCN(Cc2nc3cccnc3n2-c2ccc(F)cc2)CC1. The Morgan fingerprint density at radius 2 is 1.79 bits per heavy atom. The van der Waals surface area contributed by atoms with Gasteiger partial charge in [0, 0.05) is 43.8 Å². The summed E-state index contributed by atoms with van der Waals surface area (Å²) in [5, 5.41) is 2.72. The second-order valence-electron chi connectivity index (χ2n) is 8.01. The zero-order valence-corrected chi connectivity index (χ0v) is 18.8. The van der Waals surface area contributed by atoms with Gasteiger partial charge in [-0.2, -0.15) is 0 Å². The van der Waals surface area contributed by atoms with Crippen LogP contribution in [0.25, 0.3) is 16.9 Å². The summed E-state index contributed by atoms with van der Waals surface area (Å²) in [7, 11) is 0. The first-order valence-electron chi connectivity index (χ1n) is 10.8. The Balaban J connectivity index is 1.28. The smallest absolute Gasteiger partial charge is 0.321 e. The lowest BCUT2D eigenvalue weighted by atomic mass is 10.3. The van der Waals surface area contributed by atoms with Crippen LogP contribution in [0.1, 0.15) is 5.82 Å². The Bertz CT molecular complexity index is 1340. The molecule has 0 aliphatic carbocycles. The number of amides is 2. The Kier molecular flexibility index (Phi) is 6.12. The van der Waals surface area contributed by atoms with Crippen molar-refractivity contribution in [1.29, 1.82) is 0 Å². The van der Waals surface area contributed by atoms with Crippen LogP contribution in [0.15, 0.2) is 60.8 Å². The molecule has 0 bridgehead atoms. The van der Waals surface area contributed by atoms with Gasteiger partial charge in [0.25, 0.3) is 0 Å². The van der Waals surface area contributed by atoms with Crippen molar-refractivity contribution in [2.24, 2.45) is 0 Å². The van der Waals surface area contributed by atoms with Crippen LogP contribution in [0.4, 0.5) is 19.3 Å². The monoisotopic (exact) mass is 482 g/mol. The average Bonchev–Trinajstić information content (AvgIpc) is 3.20. The summed E-state index contributed by atoms with van der Waals surface area (Å²) in [5.41, 5.74) is 2.70. The number of hydrogen-bond donors (Lipinski definition) is 1. The third-order valence-electron chi connectivity index (χ3n) is 5.77. The van der Waals surface area contributed by atoms with Crippen LogP contribution in [0.2, 0.25) is 5.02 Å². The fraction of sp³-hybridized carbons (Fsp3) is 0.208. The number of nitrogens with zero attached hydrogens (tertiary/aromatic N) is 5. The van der Waals surface area contributed by atoms with Crippen molar-refractivity contribution in [2.45, 2.75) is 6.54 Å². The number of hydrogen-bond acceptors (Lipinski definition) is 4. The van der Waals surface area contributed by atoms with Crippen LogP contribution in [-0.2, 0) is 6.54 Å². The molecule has 1 saturated heterocycles. The second-order valence-corrected chi connectivity index (χ2v) is 8.42. The number of anilines is 1. The molecular formula is C24H21ClF2N6O. The molecule has 1 aliphatic rings. The van der Waals surface area contributed by atoms with Gasteiger partial charge < -0.3 is 10.2 Å². The summed E-state index contributed by atoms with van der Waals surface area (Å²) in [6.45, 7) is 2.90. The molecule has 2 amide bonds. The van der Waals surface area contributed by atoms with Gasteiger partial charge in [-0.15, -0.1) is 0 Å². The van der Waals surface area contributed by atoms with E-state index < -0.39 is 5.82 Å². The lowest BCUT2D eigenvalue weighted by molar-refractivity contribution is 0.140. The lowest BCUT2D eigenvalue weighted by Gasteiger charge is -2.34. The van der Waals surface area contributed by atoms with Crippen molar-refractivity contribution in [1.82, 2.24) is 24.3 Å². The van der Waals surface area contributed by atoms with Crippen LogP contribution >= 0.6 is 11.6 Å². The van der Waals surface area contributed by atoms with Crippen LogP contribution < -0.4 is 5.32 Å². The number of aromatic nitrogens is 3. The number of piperazine rings is 1. The molecular weight excluding hydrogens is 462 g/mol. The van der Waals surface area contributed by atoms with Crippen molar-refractivity contribution < 1.29 is 13.6 Å². The van der Waals surface area contributed by atoms with Gasteiger partial charge in [-0.3, -0.25) is 9.47 Å². The number of nitrogens with one attached hydrogen (secondary N) is 1. The number of rotatable bonds is 4. The summed E-state index contributed by atoms with van der Waals surface area (Å²) < 4.78 is 28.8. The van der Waals surface area contributed by atoms with Gasteiger partial charge in [0.2, 0.25) is 0 Å². The molecule has 3 heterocycles. The number of carbonyl (C=O) groups excluding carboxylic acids is 1. The molecule has 1 N–H and O–H groups in total. The third kappa shape index (κ3) is 4.57. The summed E-state index contributed by atoms with van der Waals surface area (Å²) in [6.07, 6.45) is 1.71. The molecule has 174 valence electrons. The van der Waals surface area contributed by atoms with Crippen LogP contribution in [0.5, 0.6) is 0 Å². The van der Waals surface area contributed by atoms with E-state index in [4.69, 9.17) is 16.6 Å². The standard InChI is InChI=1S/C24H21ClF2N6O/c25-19-14-17(5-8-20(19)27)29-24(34)32-12-10-31(11-13-32)15-22-30-21-2-1-9-28-23(21)33(22)18-6-3-16(26)4-7-18/h1-9,14H,10-13,15H2,(H,29,34). The lowest BCUT2D eigenvalue weighted by Crippen LogP contribution is -2.49. The summed E-state index contributed by atoms with van der Waals surface area (Å²) in [6, 6.07) is 13.8. The maximum Gasteiger partial charge on any atom is 0.321 e. The fourth-order valence-electron chi connectivity index (χ4n) is 4.01. The maximum absolute atomic E-state index is 13.5. The number of pyridine rings is 1. The Morgan fingerprint density at radius 3 is 2.53 bits per heavy atom. The van der Waals surface area contributed by atoms with E-state index in [0.717, 1.165) is 17.0 Å². The molecule has 2 aromatic carbocycles. The molecule has 0 radical (unpaired) electrons. The minimum absolute atomic E-state index is 0.0406. The van der Waals surface area contributed by atoms with Crippen molar-refractivity contribution in [2.75, 3.05) is 31.5 Å². The van der Waals surface area contributed by atoms with Crippen LogP contribution in [0.3, 0.4) is 0 Å². The molecule has 34 heavy (non-hydrogen) atoms. The van der Waals surface area contributed by atoms with E-state index in [1.54, 1.807) is 23.2 Å². The fourth-order valence-corrected chi connectivity index (χ4v) is 4.19. The first kappa shape index (κ1) is 22.2. The summed E-state index contributed by atoms with van der Waals surface area (Å²) >= 11 is 5.80. The van der Waals surface area contributed by atoms with E-state index in [-0.39, 0.29) is 16.9 Å². The largest absolute Gasteiger partial charge is 0.322 e. The highest BCUT2D eigenvalue weighted by Crippen LogP contribution is 2.23. The summed E-state index contributed by atoms with van der Waals surface area (Å²) in [5.74, 6) is -0.0470. The number of urea groups is 1. The van der Waals surface area contributed by atoms with Crippen LogP contribution in [-0.4, -0.2) is 56.5 Å². The van der Waals surface area contributed by atoms with Gasteiger partial charge in [0.15, 0.2) is 5.65 Å². The zero-order chi connectivity index (χ0) is 23.7. The molecule has 0 unspecified atom stereocenters. The number of halogens is 3. The summed E-state index contributed by atoms with van der Waals surface area (Å²) in [4.78, 5) is 25.8. The molecule has 1 aliphatic heterocycles. The van der Waals surface area contributed by atoms with E-state index >= 15 is 0 Å². The van der Waals surface area contributed by atoms with E-state index in [0.29, 0.717) is 44.1 Å². The third-order valence-corrected chi connectivity index (χ3v) is 6.06. The number of imidazole rings is 1. The highest BCUT2D eigenvalue weighted by Gasteiger charge is 2.23. The van der Waals surface area contributed by atoms with E-state index in [1.807, 2.05) is 16.7 Å². The van der Waals surface area contributed by atoms with Gasteiger partial charge in [0.05, 0.1) is 11.6 Å². The highest BCUT2D eigenvalue weighted by molar-refractivity contribution is 6.31. The number of fused-ring (bicyclic) bond motifs is 1. The number of benzene rings is 2. The number of carbonyl (C=O) groups is 1. The van der Waals surface area contributed by atoms with Gasteiger partial charge in [0.1, 0.15) is 23.0 Å². The van der Waals surface area contributed by atoms with Gasteiger partial charge in [-0.05, 0) is 54.6 Å². The second kappa shape index (κ2) is 9.36. The minimum Gasteiger partial charge on any atom is -0.322 e. The van der Waals surface area contributed by atoms with Crippen LogP contribution in [0, 0.1) is 11.6 Å². The molecule has 4 aromatic rings. The normalized spacial score (nSPS) is 14.5. The predicted molar refractivity (Wildman–Crippen MR) is 126 cm³/mol. The van der Waals surface area contributed by atoms with Gasteiger partial charge in [-0.1, -0.05) is 11.6 Å². The maximum atomic E-state index is 13.5. The van der Waals surface area contributed by atoms with Crippen molar-refractivity contribution >= 4 is 34.5 Å². The van der Waals surface area contributed by atoms with Crippen molar-refractivity contribution in [3.05, 3.63) is 83.3 Å². The molecule has 0 saturated carbocycles.